The smallest absolute Gasteiger partial charge is 0.125 e. The molecule has 0 bridgehead atoms. The summed E-state index contributed by atoms with van der Waals surface area (Å²) < 4.78 is 11.4. The summed E-state index contributed by atoms with van der Waals surface area (Å²) in [7, 11) is 6.09. The summed E-state index contributed by atoms with van der Waals surface area (Å²) in [5.41, 5.74) is 6.86. The van der Waals surface area contributed by atoms with E-state index in [1.807, 2.05) is 12.1 Å². The van der Waals surface area contributed by atoms with E-state index in [1.165, 1.54) is 16.7 Å². The summed E-state index contributed by atoms with van der Waals surface area (Å²) in [6.07, 6.45) is -3.42. The van der Waals surface area contributed by atoms with Gasteiger partial charge >= 0.3 is 0 Å². The van der Waals surface area contributed by atoms with Gasteiger partial charge in [0.15, 0.2) is 0 Å². The summed E-state index contributed by atoms with van der Waals surface area (Å²) in [5.74, 6) is 0.549. The van der Waals surface area contributed by atoms with Crippen molar-refractivity contribution in [3.63, 3.8) is 0 Å². The van der Waals surface area contributed by atoms with E-state index in [9.17, 15) is 20.4 Å². The Kier molecular flexibility index (Phi) is 6.45. The lowest BCUT2D eigenvalue weighted by Crippen LogP contribution is -2.55. The van der Waals surface area contributed by atoms with Crippen molar-refractivity contribution in [3.05, 3.63) is 63.7 Å². The van der Waals surface area contributed by atoms with Crippen molar-refractivity contribution < 1.29 is 29.9 Å². The van der Waals surface area contributed by atoms with E-state index in [4.69, 9.17) is 9.47 Å². The van der Waals surface area contributed by atoms with Gasteiger partial charge in [0.1, 0.15) is 52.0 Å². The molecule has 1 aliphatic carbocycles. The second-order valence-corrected chi connectivity index (χ2v) is 9.69. The number of aryl methyl sites for hydroxylation is 1. The Bertz CT molecular complexity index is 993. The number of aliphatic hydroxyl groups is 4. The van der Waals surface area contributed by atoms with E-state index in [-0.39, 0.29) is 5.21 Å². The van der Waals surface area contributed by atoms with Gasteiger partial charge in [-0.3, -0.25) is 0 Å². The van der Waals surface area contributed by atoms with Crippen LogP contribution in [0.15, 0.2) is 30.3 Å². The molecule has 0 amide bonds. The third-order valence-electron chi connectivity index (χ3n) is 7.06. The van der Waals surface area contributed by atoms with Crippen molar-refractivity contribution in [2.75, 3.05) is 13.7 Å². The van der Waals surface area contributed by atoms with Gasteiger partial charge in [-0.05, 0) is 53.6 Å². The Morgan fingerprint density at radius 3 is 2.44 bits per heavy atom. The molecule has 1 aliphatic heterocycles. The lowest BCUT2D eigenvalue weighted by atomic mass is 9.42. The van der Waals surface area contributed by atoms with Crippen LogP contribution in [0.25, 0.3) is 0 Å². The number of hydrogen-bond acceptors (Lipinski definition) is 6. The predicted molar refractivity (Wildman–Crippen MR) is 127 cm³/mol. The zero-order valence-electron chi connectivity index (χ0n) is 19.2. The Morgan fingerprint density at radius 1 is 1.06 bits per heavy atom. The van der Waals surface area contributed by atoms with Crippen molar-refractivity contribution >= 4 is 15.7 Å². The normalized spacial score (nSPS) is 28.6. The van der Waals surface area contributed by atoms with Crippen LogP contribution in [0.2, 0.25) is 0 Å². The van der Waals surface area contributed by atoms with Crippen molar-refractivity contribution in [2.45, 2.75) is 61.9 Å². The van der Waals surface area contributed by atoms with Gasteiger partial charge in [-0.2, -0.15) is 0 Å². The van der Waals surface area contributed by atoms with Crippen LogP contribution in [0, 0.1) is 0 Å². The van der Waals surface area contributed by atoms with Crippen LogP contribution in [0.1, 0.15) is 46.4 Å². The quantitative estimate of drug-likeness (QED) is 0.448. The number of aliphatic hydroxyl groups excluding tert-OH is 4. The molecule has 1 heterocycles. The molecule has 32 heavy (non-hydrogen) atoms. The SMILES string of the molecule is BC1(B)Cc2ccc(Cc3cc([C@@H]4O[C@H](CO)[C@@H](O)[C@H](O)[C@H]4O)c(OC)cc3CC)cc21. The summed E-state index contributed by atoms with van der Waals surface area (Å²) >= 11 is 0. The number of benzene rings is 2. The maximum absolute atomic E-state index is 10.7. The van der Waals surface area contributed by atoms with Gasteiger partial charge in [0.2, 0.25) is 0 Å². The summed E-state index contributed by atoms with van der Waals surface area (Å²) in [5, 5.41) is 40.9. The minimum atomic E-state index is -1.43. The van der Waals surface area contributed by atoms with Gasteiger partial charge < -0.3 is 29.9 Å². The fourth-order valence-corrected chi connectivity index (χ4v) is 5.14. The molecule has 5 atom stereocenters. The zero-order valence-corrected chi connectivity index (χ0v) is 19.2. The Hall–Kier alpha value is -1.83. The number of methoxy groups -OCH3 is 1. The fourth-order valence-electron chi connectivity index (χ4n) is 5.14. The molecular formula is C24H32B2O6. The largest absolute Gasteiger partial charge is 0.496 e. The maximum Gasteiger partial charge on any atom is 0.125 e. The highest BCUT2D eigenvalue weighted by Crippen LogP contribution is 2.40. The number of ether oxygens (including phenoxy) is 2. The number of fused-ring (bicyclic) bond motifs is 1. The van der Waals surface area contributed by atoms with Gasteiger partial charge in [-0.1, -0.05) is 35.9 Å². The van der Waals surface area contributed by atoms with E-state index in [0.29, 0.717) is 11.3 Å². The van der Waals surface area contributed by atoms with Crippen LogP contribution in [0.3, 0.4) is 0 Å². The average molecular weight is 438 g/mol. The monoisotopic (exact) mass is 438 g/mol. The van der Waals surface area contributed by atoms with E-state index >= 15 is 0 Å². The van der Waals surface area contributed by atoms with Crippen LogP contribution < -0.4 is 4.74 Å². The average Bonchev–Trinajstić information content (AvgIpc) is 2.78. The van der Waals surface area contributed by atoms with Crippen LogP contribution in [-0.2, 0) is 29.2 Å². The first-order valence-corrected chi connectivity index (χ1v) is 11.3. The lowest BCUT2D eigenvalue weighted by molar-refractivity contribution is -0.232. The molecule has 2 aromatic carbocycles. The predicted octanol–water partition coefficient (Wildman–Crippen LogP) is -0.662. The maximum atomic E-state index is 10.7. The molecule has 0 saturated carbocycles. The molecule has 0 spiro atoms. The topological polar surface area (TPSA) is 99.4 Å². The first-order chi connectivity index (χ1) is 15.2. The summed E-state index contributed by atoms with van der Waals surface area (Å²) in [6, 6.07) is 10.6. The molecule has 2 aliphatic rings. The summed E-state index contributed by atoms with van der Waals surface area (Å²) in [4.78, 5) is 0. The van der Waals surface area contributed by atoms with Gasteiger partial charge in [0, 0.05) is 5.56 Å². The first kappa shape index (κ1) is 23.3. The second-order valence-electron chi connectivity index (χ2n) is 9.69. The van der Waals surface area contributed by atoms with Gasteiger partial charge in [-0.25, -0.2) is 0 Å². The molecule has 1 saturated heterocycles. The highest BCUT2D eigenvalue weighted by molar-refractivity contribution is 6.41. The van der Waals surface area contributed by atoms with Crippen molar-refractivity contribution in [1.29, 1.82) is 0 Å². The van der Waals surface area contributed by atoms with E-state index in [1.54, 1.807) is 7.11 Å². The Labute approximate surface area is 191 Å². The van der Waals surface area contributed by atoms with E-state index in [2.05, 4.69) is 40.8 Å². The highest BCUT2D eigenvalue weighted by atomic mass is 16.5. The van der Waals surface area contributed by atoms with Crippen LogP contribution in [0.5, 0.6) is 5.75 Å². The molecule has 0 radical (unpaired) electrons. The zero-order chi connectivity index (χ0) is 23.2. The fraction of sp³-hybridized carbons (Fsp3) is 0.500. The molecule has 0 aromatic heterocycles. The molecule has 4 rings (SSSR count). The molecular weight excluding hydrogens is 406 g/mol. The van der Waals surface area contributed by atoms with Gasteiger partial charge in [0.25, 0.3) is 0 Å². The van der Waals surface area contributed by atoms with Crippen LogP contribution in [-0.4, -0.2) is 74.3 Å². The van der Waals surface area contributed by atoms with Gasteiger partial charge in [-0.15, -0.1) is 0 Å². The van der Waals surface area contributed by atoms with Crippen molar-refractivity contribution in [3.8, 4) is 5.75 Å². The van der Waals surface area contributed by atoms with Crippen molar-refractivity contribution in [1.82, 2.24) is 0 Å². The third kappa shape index (κ3) is 3.99. The Morgan fingerprint density at radius 2 is 1.81 bits per heavy atom. The minimum Gasteiger partial charge on any atom is -0.496 e. The number of hydrogen-bond donors (Lipinski definition) is 4. The van der Waals surface area contributed by atoms with Crippen LogP contribution in [0.4, 0.5) is 0 Å². The second kappa shape index (κ2) is 8.84. The molecule has 2 aromatic rings. The Balaban J connectivity index is 1.72. The lowest BCUT2D eigenvalue weighted by Gasteiger charge is -2.40. The molecule has 4 N–H and O–H groups in total. The molecule has 1 fully saturated rings. The first-order valence-electron chi connectivity index (χ1n) is 11.3. The van der Waals surface area contributed by atoms with Crippen LogP contribution >= 0.6 is 0 Å². The summed E-state index contributed by atoms with van der Waals surface area (Å²) in [6.45, 7) is 1.63. The van der Waals surface area contributed by atoms with E-state index < -0.39 is 37.1 Å². The standard InChI is InChI=1S/C24H32B2O6/c1-3-13-9-18(31-2)16(23-22(30)21(29)20(28)19(11-27)32-23)8-15(13)6-12-4-5-14-10-24(25,26)17(14)7-12/h4-5,7-9,19-23,27-30H,3,6,10-11,25-26H2,1-2H3/t19-,20-,21+,22-,23+/m1/s1. The third-order valence-corrected chi connectivity index (χ3v) is 7.06. The minimum absolute atomic E-state index is 0.209. The van der Waals surface area contributed by atoms with E-state index in [0.717, 1.165) is 30.4 Å². The number of rotatable bonds is 6. The molecule has 0 unspecified atom stereocenters. The highest BCUT2D eigenvalue weighted by Gasteiger charge is 2.45. The molecule has 8 heteroatoms. The van der Waals surface area contributed by atoms with Crippen molar-refractivity contribution in [2.24, 2.45) is 0 Å². The molecule has 6 nitrogen and oxygen atoms in total. The van der Waals surface area contributed by atoms with Gasteiger partial charge in [0.05, 0.1) is 13.7 Å². The molecule has 170 valence electrons.